The van der Waals surface area contributed by atoms with E-state index in [0.29, 0.717) is 11.3 Å². The zero-order valence-corrected chi connectivity index (χ0v) is 9.21. The Morgan fingerprint density at radius 2 is 2.33 bits per heavy atom. The highest BCUT2D eigenvalue weighted by molar-refractivity contribution is 6.30. The Hall–Kier alpha value is -1.55. The molecule has 0 saturated carbocycles. The number of hydrogen-bond acceptors (Lipinski definition) is 4. The molecule has 0 unspecified atom stereocenters. The molecule has 0 aliphatic heterocycles. The number of anilines is 1. The lowest BCUT2D eigenvalue weighted by Crippen LogP contribution is -2.09. The average molecular weight is 227 g/mol. The molecule has 1 aromatic heterocycles. The highest BCUT2D eigenvalue weighted by atomic mass is 35.5. The average Bonchev–Trinajstić information content (AvgIpc) is 2.20. The fourth-order valence-corrected chi connectivity index (χ4v) is 1.34. The molecule has 1 rings (SSSR count). The summed E-state index contributed by atoms with van der Waals surface area (Å²) in [5.41, 5.74) is 6.76. The molecule has 80 valence electrons. The van der Waals surface area contributed by atoms with E-state index in [9.17, 15) is 4.79 Å². The Kier molecular flexibility index (Phi) is 3.68. The van der Waals surface area contributed by atoms with Crippen LogP contribution >= 0.6 is 11.6 Å². The molecule has 1 aromatic rings. The Balaban J connectivity index is 3.39. The molecule has 0 radical (unpaired) electrons. The molecular formula is C10H11ClN2O2. The van der Waals surface area contributed by atoms with Gasteiger partial charge in [-0.1, -0.05) is 23.8 Å². The van der Waals surface area contributed by atoms with Crippen LogP contribution in [0.4, 0.5) is 5.69 Å². The van der Waals surface area contributed by atoms with Crippen LogP contribution in [0, 0.1) is 0 Å². The highest BCUT2D eigenvalue weighted by Gasteiger charge is 2.15. The van der Waals surface area contributed by atoms with Gasteiger partial charge >= 0.3 is 5.97 Å². The van der Waals surface area contributed by atoms with Gasteiger partial charge in [0.1, 0.15) is 5.15 Å². The molecule has 0 amide bonds. The second kappa shape index (κ2) is 4.79. The normalized spacial score (nSPS) is 10.6. The first kappa shape index (κ1) is 11.5. The third-order valence-electron chi connectivity index (χ3n) is 1.77. The summed E-state index contributed by atoms with van der Waals surface area (Å²) in [5, 5.41) is 0.168. The van der Waals surface area contributed by atoms with Crippen LogP contribution in [0.25, 0.3) is 6.08 Å². The minimum Gasteiger partial charge on any atom is -0.464 e. The number of carbonyl (C=O) groups excluding carboxylic acids is 1. The van der Waals surface area contributed by atoms with E-state index in [2.05, 4.69) is 9.72 Å². The van der Waals surface area contributed by atoms with Crippen molar-refractivity contribution in [2.75, 3.05) is 12.8 Å². The number of ether oxygens (including phenoxy) is 1. The number of allylic oxidation sites excluding steroid dienone is 1. The van der Waals surface area contributed by atoms with Gasteiger partial charge in [0, 0.05) is 11.3 Å². The Bertz CT molecular complexity index is 416. The van der Waals surface area contributed by atoms with E-state index in [0.717, 1.165) is 0 Å². The molecule has 0 aromatic carbocycles. The van der Waals surface area contributed by atoms with E-state index in [-0.39, 0.29) is 10.8 Å². The van der Waals surface area contributed by atoms with E-state index >= 15 is 0 Å². The molecule has 0 spiro atoms. The summed E-state index contributed by atoms with van der Waals surface area (Å²) in [5.74, 6) is -0.558. The molecule has 0 atom stereocenters. The van der Waals surface area contributed by atoms with Crippen LogP contribution in [-0.2, 0) is 4.74 Å². The Morgan fingerprint density at radius 1 is 1.67 bits per heavy atom. The smallest absolute Gasteiger partial charge is 0.357 e. The van der Waals surface area contributed by atoms with E-state index in [4.69, 9.17) is 17.3 Å². The molecular weight excluding hydrogens is 216 g/mol. The minimum atomic E-state index is -0.558. The van der Waals surface area contributed by atoms with Gasteiger partial charge in [-0.3, -0.25) is 0 Å². The van der Waals surface area contributed by atoms with Crippen molar-refractivity contribution in [3.05, 3.63) is 28.6 Å². The predicted molar refractivity (Wildman–Crippen MR) is 59.7 cm³/mol. The number of halogens is 1. The summed E-state index contributed by atoms with van der Waals surface area (Å²) in [6, 6.07) is 1.49. The topological polar surface area (TPSA) is 65.2 Å². The number of hydrogen-bond donors (Lipinski definition) is 1. The zero-order valence-electron chi connectivity index (χ0n) is 8.45. The van der Waals surface area contributed by atoms with E-state index in [1.165, 1.54) is 13.2 Å². The number of nitrogen functional groups attached to an aromatic ring is 1. The van der Waals surface area contributed by atoms with Crippen LogP contribution in [0.1, 0.15) is 23.0 Å². The van der Waals surface area contributed by atoms with Gasteiger partial charge in [-0.25, -0.2) is 9.78 Å². The number of nitrogens with two attached hydrogens (primary N) is 1. The Labute approximate surface area is 92.7 Å². The number of methoxy groups -OCH3 is 1. The number of esters is 1. The third kappa shape index (κ3) is 2.47. The molecule has 0 fully saturated rings. The fraction of sp³-hybridized carbons (Fsp3) is 0.200. The summed E-state index contributed by atoms with van der Waals surface area (Å²) < 4.78 is 4.58. The highest BCUT2D eigenvalue weighted by Crippen LogP contribution is 2.21. The van der Waals surface area contributed by atoms with Crippen molar-refractivity contribution in [3.63, 3.8) is 0 Å². The summed E-state index contributed by atoms with van der Waals surface area (Å²) in [6.07, 6.45) is 3.44. The zero-order chi connectivity index (χ0) is 11.4. The van der Waals surface area contributed by atoms with E-state index < -0.39 is 5.97 Å². The van der Waals surface area contributed by atoms with E-state index in [1.807, 2.05) is 6.92 Å². The number of rotatable bonds is 2. The Morgan fingerprint density at radius 3 is 2.87 bits per heavy atom. The van der Waals surface area contributed by atoms with Crippen molar-refractivity contribution in [2.24, 2.45) is 0 Å². The molecule has 0 aliphatic carbocycles. The van der Waals surface area contributed by atoms with Crippen molar-refractivity contribution < 1.29 is 9.53 Å². The van der Waals surface area contributed by atoms with Crippen LogP contribution in [0.2, 0.25) is 5.15 Å². The van der Waals surface area contributed by atoms with Crippen LogP contribution in [0.3, 0.4) is 0 Å². The first-order valence-corrected chi connectivity index (χ1v) is 4.65. The fourth-order valence-electron chi connectivity index (χ4n) is 1.14. The predicted octanol–water partition coefficient (Wildman–Crippen LogP) is 2.14. The molecule has 5 heteroatoms. The van der Waals surface area contributed by atoms with Gasteiger partial charge in [0.2, 0.25) is 0 Å². The van der Waals surface area contributed by atoms with Crippen LogP contribution in [0.15, 0.2) is 12.1 Å². The molecule has 15 heavy (non-hydrogen) atoms. The monoisotopic (exact) mass is 226 g/mol. The third-order valence-corrected chi connectivity index (χ3v) is 1.97. The molecule has 2 N–H and O–H groups in total. The van der Waals surface area contributed by atoms with Crippen molar-refractivity contribution in [1.82, 2.24) is 4.98 Å². The van der Waals surface area contributed by atoms with Crippen molar-refractivity contribution >= 4 is 29.3 Å². The lowest BCUT2D eigenvalue weighted by Gasteiger charge is -2.06. The molecule has 0 bridgehead atoms. The number of nitrogens with zero attached hydrogens (tertiary/aromatic N) is 1. The molecule has 4 nitrogen and oxygen atoms in total. The number of carbonyl (C=O) groups is 1. The second-order valence-corrected chi connectivity index (χ2v) is 3.18. The van der Waals surface area contributed by atoms with Gasteiger partial charge in [0.15, 0.2) is 5.69 Å². The maximum Gasteiger partial charge on any atom is 0.357 e. The van der Waals surface area contributed by atoms with Gasteiger partial charge < -0.3 is 10.5 Å². The maximum atomic E-state index is 11.4. The SMILES string of the molecule is CC=Cc1c(N)cc(Cl)nc1C(=O)OC. The summed E-state index contributed by atoms with van der Waals surface area (Å²) in [6.45, 7) is 1.81. The van der Waals surface area contributed by atoms with Gasteiger partial charge in [-0.2, -0.15) is 0 Å². The van der Waals surface area contributed by atoms with Gasteiger partial charge in [0.05, 0.1) is 7.11 Å². The standard InChI is InChI=1S/C10H11ClN2O2/c1-3-4-6-7(12)5-8(11)13-9(6)10(14)15-2/h3-5H,1-2H3,(H2,12,13). The molecule has 0 saturated heterocycles. The largest absolute Gasteiger partial charge is 0.464 e. The second-order valence-electron chi connectivity index (χ2n) is 2.79. The minimum absolute atomic E-state index is 0.126. The quantitative estimate of drug-likeness (QED) is 0.620. The van der Waals surface area contributed by atoms with Crippen molar-refractivity contribution in [1.29, 1.82) is 0 Å². The van der Waals surface area contributed by atoms with Crippen molar-refractivity contribution in [2.45, 2.75) is 6.92 Å². The lowest BCUT2D eigenvalue weighted by molar-refractivity contribution is 0.0594. The van der Waals surface area contributed by atoms with Gasteiger partial charge in [0.25, 0.3) is 0 Å². The first-order chi connectivity index (χ1) is 7.10. The number of pyridine rings is 1. The first-order valence-electron chi connectivity index (χ1n) is 4.27. The molecule has 0 aliphatic rings. The van der Waals surface area contributed by atoms with Crippen LogP contribution in [-0.4, -0.2) is 18.1 Å². The number of aromatic nitrogens is 1. The van der Waals surface area contributed by atoms with E-state index in [1.54, 1.807) is 12.2 Å². The van der Waals surface area contributed by atoms with Gasteiger partial charge in [-0.15, -0.1) is 0 Å². The molecule has 1 heterocycles. The summed E-state index contributed by atoms with van der Waals surface area (Å²) in [4.78, 5) is 15.3. The van der Waals surface area contributed by atoms with Crippen molar-refractivity contribution in [3.8, 4) is 0 Å². The van der Waals surface area contributed by atoms with Crippen LogP contribution < -0.4 is 5.73 Å². The lowest BCUT2D eigenvalue weighted by atomic mass is 10.1. The summed E-state index contributed by atoms with van der Waals surface area (Å²) >= 11 is 5.70. The van der Waals surface area contributed by atoms with Gasteiger partial charge in [-0.05, 0) is 13.0 Å². The maximum absolute atomic E-state index is 11.4. The van der Waals surface area contributed by atoms with Crippen LogP contribution in [0.5, 0.6) is 0 Å². The summed E-state index contributed by atoms with van der Waals surface area (Å²) in [7, 11) is 1.28.